The Morgan fingerprint density at radius 2 is 1.84 bits per heavy atom. The number of nitrogens with two attached hydrogens (primary N) is 1. The summed E-state index contributed by atoms with van der Waals surface area (Å²) in [6.45, 7) is 4.99. The zero-order valence-electron chi connectivity index (χ0n) is 21.7. The third-order valence-electron chi connectivity index (χ3n) is 6.06. The lowest BCUT2D eigenvalue weighted by molar-refractivity contribution is -0.139. The van der Waals surface area contributed by atoms with Gasteiger partial charge in [0, 0.05) is 31.5 Å². The monoisotopic (exact) mass is 541 g/mol. The van der Waals surface area contributed by atoms with Crippen LogP contribution in [0.1, 0.15) is 37.8 Å². The quantitative estimate of drug-likeness (QED) is 0.225. The fraction of sp³-hybridized carbons (Fsp3) is 0.370. The molecule has 0 amide bonds. The number of rotatable bonds is 11. The molecule has 2 aromatic carbocycles. The molecule has 0 aromatic heterocycles. The topological polar surface area (TPSA) is 150 Å². The van der Waals surface area contributed by atoms with Crippen LogP contribution in [0.4, 0.5) is 5.69 Å². The minimum absolute atomic E-state index is 0.0202. The highest BCUT2D eigenvalue weighted by Gasteiger charge is 2.26. The maximum absolute atomic E-state index is 13.2. The molecular weight excluding hydrogens is 506 g/mol. The number of carbonyl (C=O) groups excluding carboxylic acids is 1. The standard InChI is InChI=1S/C27H35N5O5S/c1-3-36-26(33)19-38(34,35)32(15-5-7-21-6-4-8-22(18-21)27(29)30)23-9-11-24(12-10-23)37-25-13-16-31(17-14-25)20(2)28/h4-12,18,25,28H,3,13-17,19H2,1-2H3,(H3,29,30)/b7-5+,28-20?. The molecule has 0 radical (unpaired) electrons. The van der Waals surface area contributed by atoms with Gasteiger partial charge in [-0.15, -0.1) is 0 Å². The number of likely N-dealkylation sites (tertiary alicyclic amines) is 1. The van der Waals surface area contributed by atoms with E-state index in [2.05, 4.69) is 0 Å². The summed E-state index contributed by atoms with van der Waals surface area (Å²) in [6.07, 6.45) is 5.03. The molecule has 0 spiro atoms. The number of anilines is 1. The SMILES string of the molecule is CCOC(=O)CS(=O)(=O)N(C/C=C/c1cccc(C(=N)N)c1)c1ccc(OC2CCN(C(C)=N)CC2)cc1. The molecular formula is C27H35N5O5S. The highest BCUT2D eigenvalue weighted by Crippen LogP contribution is 2.25. The van der Waals surface area contributed by atoms with Crippen LogP contribution >= 0.6 is 0 Å². The Kier molecular flexibility index (Phi) is 9.89. The third-order valence-corrected chi connectivity index (χ3v) is 7.70. The number of nitrogens with zero attached hydrogens (tertiary/aromatic N) is 2. The number of piperidine rings is 1. The predicted molar refractivity (Wildman–Crippen MR) is 149 cm³/mol. The van der Waals surface area contributed by atoms with Crippen molar-refractivity contribution in [3.63, 3.8) is 0 Å². The molecule has 1 aliphatic rings. The van der Waals surface area contributed by atoms with E-state index < -0.39 is 21.7 Å². The predicted octanol–water partition coefficient (Wildman–Crippen LogP) is 3.22. The van der Waals surface area contributed by atoms with Crippen LogP contribution in [0.5, 0.6) is 5.75 Å². The van der Waals surface area contributed by atoms with Crippen molar-refractivity contribution in [2.45, 2.75) is 32.8 Å². The van der Waals surface area contributed by atoms with E-state index in [4.69, 9.17) is 26.0 Å². The molecule has 0 unspecified atom stereocenters. The summed E-state index contributed by atoms with van der Waals surface area (Å²) in [7, 11) is -4.04. The van der Waals surface area contributed by atoms with E-state index in [0.717, 1.165) is 35.8 Å². The van der Waals surface area contributed by atoms with Gasteiger partial charge in [0.05, 0.1) is 24.7 Å². The van der Waals surface area contributed by atoms with E-state index in [1.54, 1.807) is 68.5 Å². The highest BCUT2D eigenvalue weighted by atomic mass is 32.2. The number of nitrogens with one attached hydrogen (secondary N) is 2. The van der Waals surface area contributed by atoms with Gasteiger partial charge in [-0.25, -0.2) is 8.42 Å². The lowest BCUT2D eigenvalue weighted by Gasteiger charge is -2.32. The number of amidine groups is 2. The lowest BCUT2D eigenvalue weighted by atomic mass is 10.1. The number of benzene rings is 2. The summed E-state index contributed by atoms with van der Waals surface area (Å²) in [4.78, 5) is 14.0. The Morgan fingerprint density at radius 1 is 1.16 bits per heavy atom. The van der Waals surface area contributed by atoms with Crippen molar-refractivity contribution in [2.24, 2.45) is 5.73 Å². The van der Waals surface area contributed by atoms with E-state index in [-0.39, 0.29) is 25.1 Å². The second-order valence-corrected chi connectivity index (χ2v) is 10.8. The molecule has 1 aliphatic heterocycles. The Labute approximate surface area is 224 Å². The lowest BCUT2D eigenvalue weighted by Crippen LogP contribution is -2.40. The molecule has 10 nitrogen and oxygen atoms in total. The number of ether oxygens (including phenoxy) is 2. The van der Waals surface area contributed by atoms with Crippen molar-refractivity contribution < 1.29 is 22.7 Å². The van der Waals surface area contributed by atoms with Crippen LogP contribution in [0, 0.1) is 10.8 Å². The number of hydrogen-bond acceptors (Lipinski definition) is 7. The first-order valence-electron chi connectivity index (χ1n) is 12.4. The number of sulfonamides is 1. The summed E-state index contributed by atoms with van der Waals surface area (Å²) < 4.78 is 38.5. The third kappa shape index (κ3) is 8.07. The van der Waals surface area contributed by atoms with Crippen LogP contribution in [0.15, 0.2) is 54.6 Å². The molecule has 1 saturated heterocycles. The van der Waals surface area contributed by atoms with E-state index >= 15 is 0 Å². The molecule has 204 valence electrons. The second kappa shape index (κ2) is 13.1. The maximum atomic E-state index is 13.2. The van der Waals surface area contributed by atoms with Crippen LogP contribution < -0.4 is 14.8 Å². The van der Waals surface area contributed by atoms with Gasteiger partial charge in [0.15, 0.2) is 5.75 Å². The van der Waals surface area contributed by atoms with Gasteiger partial charge in [-0.3, -0.25) is 19.9 Å². The van der Waals surface area contributed by atoms with Crippen LogP contribution in [-0.4, -0.2) is 69.1 Å². The Hall–Kier alpha value is -3.86. The average molecular weight is 542 g/mol. The molecule has 0 bridgehead atoms. The minimum atomic E-state index is -4.04. The summed E-state index contributed by atoms with van der Waals surface area (Å²) >= 11 is 0. The van der Waals surface area contributed by atoms with Gasteiger partial charge in [0.25, 0.3) is 0 Å². The zero-order chi connectivity index (χ0) is 27.7. The Balaban J connectivity index is 1.76. The van der Waals surface area contributed by atoms with Crippen LogP contribution in [0.2, 0.25) is 0 Å². The normalized spacial score (nSPS) is 14.3. The summed E-state index contributed by atoms with van der Waals surface area (Å²) in [5, 5.41) is 15.4. The van der Waals surface area contributed by atoms with Crippen molar-refractivity contribution in [1.29, 1.82) is 10.8 Å². The maximum Gasteiger partial charge on any atom is 0.323 e. The van der Waals surface area contributed by atoms with Gasteiger partial charge >= 0.3 is 5.97 Å². The average Bonchev–Trinajstić information content (AvgIpc) is 2.87. The van der Waals surface area contributed by atoms with Gasteiger partial charge in [0.2, 0.25) is 10.0 Å². The molecule has 0 saturated carbocycles. The smallest absolute Gasteiger partial charge is 0.323 e. The molecule has 0 aliphatic carbocycles. The second-order valence-electron chi connectivity index (χ2n) is 8.92. The fourth-order valence-corrected chi connectivity index (χ4v) is 5.39. The number of esters is 1. The zero-order valence-corrected chi connectivity index (χ0v) is 22.5. The Bertz CT molecular complexity index is 1270. The molecule has 38 heavy (non-hydrogen) atoms. The largest absolute Gasteiger partial charge is 0.490 e. The van der Waals surface area contributed by atoms with Crippen LogP contribution in [0.3, 0.4) is 0 Å². The van der Waals surface area contributed by atoms with Crippen LogP contribution in [0.25, 0.3) is 6.08 Å². The van der Waals surface area contributed by atoms with E-state index in [0.29, 0.717) is 22.8 Å². The van der Waals surface area contributed by atoms with E-state index in [1.165, 1.54) is 0 Å². The van der Waals surface area contributed by atoms with Gasteiger partial charge in [-0.05, 0) is 49.7 Å². The number of hydrogen-bond donors (Lipinski definition) is 3. The molecule has 1 heterocycles. The first-order valence-corrected chi connectivity index (χ1v) is 14.0. The highest BCUT2D eigenvalue weighted by molar-refractivity contribution is 7.93. The van der Waals surface area contributed by atoms with Gasteiger partial charge in [-0.2, -0.15) is 0 Å². The fourth-order valence-electron chi connectivity index (χ4n) is 4.10. The molecule has 11 heteroatoms. The summed E-state index contributed by atoms with van der Waals surface area (Å²) in [5.41, 5.74) is 7.27. The summed E-state index contributed by atoms with van der Waals surface area (Å²) in [6, 6.07) is 13.8. The first kappa shape index (κ1) is 28.7. The van der Waals surface area contributed by atoms with Crippen molar-refractivity contribution in [2.75, 3.05) is 36.3 Å². The van der Waals surface area contributed by atoms with Crippen molar-refractivity contribution in [3.05, 3.63) is 65.7 Å². The number of carbonyl (C=O) groups is 1. The van der Waals surface area contributed by atoms with E-state index in [9.17, 15) is 13.2 Å². The van der Waals surface area contributed by atoms with E-state index in [1.807, 2.05) is 11.0 Å². The van der Waals surface area contributed by atoms with Crippen LogP contribution in [-0.2, 0) is 19.6 Å². The number of nitrogen functional groups attached to an aromatic ring is 1. The molecule has 3 rings (SSSR count). The van der Waals surface area contributed by atoms with Gasteiger partial charge in [-0.1, -0.05) is 30.4 Å². The van der Waals surface area contributed by atoms with Crippen molar-refractivity contribution in [3.8, 4) is 5.75 Å². The summed E-state index contributed by atoms with van der Waals surface area (Å²) in [5.74, 6) is -0.480. The molecule has 0 atom stereocenters. The minimum Gasteiger partial charge on any atom is -0.490 e. The van der Waals surface area contributed by atoms with Crippen molar-refractivity contribution in [1.82, 2.24) is 4.90 Å². The van der Waals surface area contributed by atoms with Crippen molar-refractivity contribution >= 4 is 39.4 Å². The van der Waals surface area contributed by atoms with Gasteiger partial charge < -0.3 is 20.1 Å². The Morgan fingerprint density at radius 3 is 2.45 bits per heavy atom. The molecule has 1 fully saturated rings. The first-order chi connectivity index (χ1) is 18.1. The molecule has 4 N–H and O–H groups in total. The van der Waals surface area contributed by atoms with Gasteiger partial charge in [0.1, 0.15) is 17.7 Å². The molecule has 2 aromatic rings.